The zero-order chi connectivity index (χ0) is 11.7. The standard InChI is InChI=1S/C14H24N2O/c17-13-5-4-11(16-13)10-15-12-6-9-14(12)7-2-1-3-8-14/h11-12,15H,1-10H2,(H,16,17). The topological polar surface area (TPSA) is 41.1 Å². The fourth-order valence-electron chi connectivity index (χ4n) is 3.98. The van der Waals surface area contributed by atoms with Crippen LogP contribution in [0.5, 0.6) is 0 Å². The minimum absolute atomic E-state index is 0.234. The first-order valence-electron chi connectivity index (χ1n) is 7.31. The van der Waals surface area contributed by atoms with Gasteiger partial charge in [0.05, 0.1) is 0 Å². The molecule has 1 aliphatic heterocycles. The van der Waals surface area contributed by atoms with Crippen LogP contribution in [-0.2, 0) is 4.79 Å². The van der Waals surface area contributed by atoms with Crippen molar-refractivity contribution in [2.24, 2.45) is 5.41 Å². The van der Waals surface area contributed by atoms with Crippen LogP contribution in [0.15, 0.2) is 0 Å². The van der Waals surface area contributed by atoms with Crippen LogP contribution in [0.25, 0.3) is 0 Å². The van der Waals surface area contributed by atoms with E-state index in [0.29, 0.717) is 11.5 Å². The molecule has 2 saturated carbocycles. The van der Waals surface area contributed by atoms with Gasteiger partial charge < -0.3 is 10.6 Å². The number of hydrogen-bond acceptors (Lipinski definition) is 2. The number of carbonyl (C=O) groups is 1. The summed E-state index contributed by atoms with van der Waals surface area (Å²) >= 11 is 0. The van der Waals surface area contributed by atoms with E-state index in [1.54, 1.807) is 0 Å². The molecule has 2 N–H and O–H groups in total. The number of carbonyl (C=O) groups excluding carboxylic acids is 1. The molecule has 2 unspecified atom stereocenters. The lowest BCUT2D eigenvalue weighted by Gasteiger charge is -2.53. The zero-order valence-corrected chi connectivity index (χ0v) is 10.6. The summed E-state index contributed by atoms with van der Waals surface area (Å²) in [6.07, 6.45) is 11.7. The van der Waals surface area contributed by atoms with Gasteiger partial charge in [0.15, 0.2) is 0 Å². The maximum atomic E-state index is 11.1. The maximum Gasteiger partial charge on any atom is 0.220 e. The summed E-state index contributed by atoms with van der Waals surface area (Å²) in [7, 11) is 0. The highest BCUT2D eigenvalue weighted by atomic mass is 16.1. The quantitative estimate of drug-likeness (QED) is 0.786. The van der Waals surface area contributed by atoms with Crippen molar-refractivity contribution in [3.63, 3.8) is 0 Å². The molecule has 0 aromatic carbocycles. The van der Waals surface area contributed by atoms with Crippen LogP contribution in [0.2, 0.25) is 0 Å². The lowest BCUT2D eigenvalue weighted by molar-refractivity contribution is -0.119. The molecule has 1 saturated heterocycles. The van der Waals surface area contributed by atoms with Crippen LogP contribution in [0.1, 0.15) is 57.8 Å². The number of amides is 1. The van der Waals surface area contributed by atoms with Gasteiger partial charge in [-0.25, -0.2) is 0 Å². The van der Waals surface area contributed by atoms with E-state index in [1.165, 1.54) is 44.9 Å². The molecule has 1 amide bonds. The summed E-state index contributed by atoms with van der Waals surface area (Å²) in [5.74, 6) is 0.234. The van der Waals surface area contributed by atoms with Crippen LogP contribution < -0.4 is 10.6 Å². The van der Waals surface area contributed by atoms with E-state index in [0.717, 1.165) is 25.4 Å². The normalized spacial score (nSPS) is 35.6. The highest BCUT2D eigenvalue weighted by Gasteiger charge is 2.46. The SMILES string of the molecule is O=C1CCC(CNC2CCC23CCCCC3)N1. The molecule has 3 aliphatic rings. The van der Waals surface area contributed by atoms with Gasteiger partial charge in [0.2, 0.25) is 5.91 Å². The summed E-state index contributed by atoms with van der Waals surface area (Å²) in [6.45, 7) is 0.984. The Morgan fingerprint density at radius 3 is 2.59 bits per heavy atom. The molecule has 3 fully saturated rings. The fourth-order valence-corrected chi connectivity index (χ4v) is 3.98. The molecule has 96 valence electrons. The Morgan fingerprint density at radius 1 is 1.18 bits per heavy atom. The fraction of sp³-hybridized carbons (Fsp3) is 0.929. The molecule has 2 atom stereocenters. The van der Waals surface area contributed by atoms with Crippen molar-refractivity contribution >= 4 is 5.91 Å². The molecule has 1 spiro atoms. The molecule has 0 radical (unpaired) electrons. The van der Waals surface area contributed by atoms with Gasteiger partial charge in [-0.3, -0.25) is 4.79 Å². The first-order valence-corrected chi connectivity index (χ1v) is 7.31. The van der Waals surface area contributed by atoms with E-state index in [9.17, 15) is 4.79 Å². The zero-order valence-electron chi connectivity index (χ0n) is 10.6. The lowest BCUT2D eigenvalue weighted by atomic mass is 9.57. The predicted octanol–water partition coefficient (Wildman–Crippen LogP) is 1.97. The number of nitrogens with one attached hydrogen (secondary N) is 2. The van der Waals surface area contributed by atoms with Crippen molar-refractivity contribution in [3.8, 4) is 0 Å². The van der Waals surface area contributed by atoms with Crippen LogP contribution in [0.3, 0.4) is 0 Å². The molecular formula is C14H24N2O. The van der Waals surface area contributed by atoms with E-state index in [-0.39, 0.29) is 5.91 Å². The average Bonchev–Trinajstić information content (AvgIpc) is 2.75. The number of hydrogen-bond donors (Lipinski definition) is 2. The van der Waals surface area contributed by atoms with Crippen molar-refractivity contribution in [2.45, 2.75) is 69.9 Å². The van der Waals surface area contributed by atoms with E-state index in [4.69, 9.17) is 0 Å². The summed E-state index contributed by atoms with van der Waals surface area (Å²) in [4.78, 5) is 11.1. The second-order valence-corrected chi connectivity index (χ2v) is 6.23. The minimum atomic E-state index is 0.234. The Balaban J connectivity index is 1.47. The molecule has 3 heteroatoms. The number of rotatable bonds is 3. The van der Waals surface area contributed by atoms with E-state index >= 15 is 0 Å². The van der Waals surface area contributed by atoms with Crippen molar-refractivity contribution in [2.75, 3.05) is 6.54 Å². The largest absolute Gasteiger partial charge is 0.352 e. The van der Waals surface area contributed by atoms with Crippen LogP contribution in [0, 0.1) is 5.41 Å². The van der Waals surface area contributed by atoms with Crippen molar-refractivity contribution < 1.29 is 4.79 Å². The monoisotopic (exact) mass is 236 g/mol. The molecular weight excluding hydrogens is 212 g/mol. The first kappa shape index (κ1) is 11.5. The van der Waals surface area contributed by atoms with Gasteiger partial charge in [-0.1, -0.05) is 19.3 Å². The molecule has 3 rings (SSSR count). The Labute approximate surface area is 104 Å². The van der Waals surface area contributed by atoms with Gasteiger partial charge in [0, 0.05) is 25.0 Å². The summed E-state index contributed by atoms with van der Waals surface area (Å²) < 4.78 is 0. The van der Waals surface area contributed by atoms with Crippen molar-refractivity contribution in [1.82, 2.24) is 10.6 Å². The molecule has 3 nitrogen and oxygen atoms in total. The van der Waals surface area contributed by atoms with Gasteiger partial charge in [-0.2, -0.15) is 0 Å². The maximum absolute atomic E-state index is 11.1. The Bertz CT molecular complexity index is 297. The third-order valence-corrected chi connectivity index (χ3v) is 5.22. The first-order chi connectivity index (χ1) is 8.28. The van der Waals surface area contributed by atoms with Gasteiger partial charge in [-0.05, 0) is 37.5 Å². The predicted molar refractivity (Wildman–Crippen MR) is 67.7 cm³/mol. The van der Waals surface area contributed by atoms with Gasteiger partial charge in [-0.15, -0.1) is 0 Å². The van der Waals surface area contributed by atoms with Crippen LogP contribution in [0.4, 0.5) is 0 Å². The Kier molecular flexibility index (Phi) is 3.12. The smallest absolute Gasteiger partial charge is 0.220 e. The highest BCUT2D eigenvalue weighted by molar-refractivity contribution is 5.78. The van der Waals surface area contributed by atoms with Gasteiger partial charge >= 0.3 is 0 Å². The summed E-state index contributed by atoms with van der Waals surface area (Å²) in [5, 5.41) is 6.77. The molecule has 0 aromatic rings. The third kappa shape index (κ3) is 2.22. The van der Waals surface area contributed by atoms with E-state index in [2.05, 4.69) is 10.6 Å². The third-order valence-electron chi connectivity index (χ3n) is 5.22. The Morgan fingerprint density at radius 2 is 2.00 bits per heavy atom. The molecule has 0 bridgehead atoms. The Hall–Kier alpha value is -0.570. The second kappa shape index (κ2) is 4.60. The van der Waals surface area contributed by atoms with Crippen LogP contribution in [-0.4, -0.2) is 24.5 Å². The van der Waals surface area contributed by atoms with Gasteiger partial charge in [0.1, 0.15) is 0 Å². The molecule has 2 aliphatic carbocycles. The lowest BCUT2D eigenvalue weighted by Crippen LogP contribution is -2.56. The molecule has 17 heavy (non-hydrogen) atoms. The van der Waals surface area contributed by atoms with Crippen molar-refractivity contribution in [1.29, 1.82) is 0 Å². The summed E-state index contributed by atoms with van der Waals surface area (Å²) in [6, 6.07) is 1.13. The second-order valence-electron chi connectivity index (χ2n) is 6.23. The van der Waals surface area contributed by atoms with E-state index < -0.39 is 0 Å². The van der Waals surface area contributed by atoms with Crippen molar-refractivity contribution in [3.05, 3.63) is 0 Å². The highest BCUT2D eigenvalue weighted by Crippen LogP contribution is 2.51. The minimum Gasteiger partial charge on any atom is -0.352 e. The average molecular weight is 236 g/mol. The van der Waals surface area contributed by atoms with E-state index in [1.807, 2.05) is 0 Å². The van der Waals surface area contributed by atoms with Crippen LogP contribution >= 0.6 is 0 Å². The molecule has 1 heterocycles. The molecule has 0 aromatic heterocycles. The summed E-state index contributed by atoms with van der Waals surface area (Å²) in [5.41, 5.74) is 0.640. The van der Waals surface area contributed by atoms with Gasteiger partial charge in [0.25, 0.3) is 0 Å².